The average Bonchev–Trinajstić information content (AvgIpc) is 2.77. The predicted molar refractivity (Wildman–Crippen MR) is 115 cm³/mol. The number of nitrogens with zero attached hydrogens (tertiary/aromatic N) is 1. The van der Waals surface area contributed by atoms with Crippen molar-refractivity contribution < 1.29 is 23.9 Å². The predicted octanol–water partition coefficient (Wildman–Crippen LogP) is 2.73. The molecular formula is C24H28N2O5. The lowest BCUT2D eigenvalue weighted by Gasteiger charge is -2.35. The molecule has 0 spiro atoms. The summed E-state index contributed by atoms with van der Waals surface area (Å²) in [5, 5.41) is 2.89. The Bertz CT molecular complexity index is 877. The zero-order valence-corrected chi connectivity index (χ0v) is 17.8. The third kappa shape index (κ3) is 6.65. The van der Waals surface area contributed by atoms with Crippen molar-refractivity contribution in [1.82, 2.24) is 10.2 Å². The van der Waals surface area contributed by atoms with Gasteiger partial charge in [-0.3, -0.25) is 14.4 Å². The average molecular weight is 424 g/mol. The van der Waals surface area contributed by atoms with Crippen LogP contribution in [0.5, 0.6) is 0 Å². The molecule has 2 aromatic carbocycles. The van der Waals surface area contributed by atoms with E-state index in [1.54, 1.807) is 29.2 Å². The number of hydrogen-bond acceptors (Lipinski definition) is 5. The summed E-state index contributed by atoms with van der Waals surface area (Å²) in [6, 6.07) is 17.4. The SMILES string of the molecule is CC1CN(C(=O)COC(=O)CC(NC(=O)c2ccccc2)c2ccccc2)CC(C)O1. The number of amides is 2. The highest BCUT2D eigenvalue weighted by Gasteiger charge is 2.27. The monoisotopic (exact) mass is 424 g/mol. The van der Waals surface area contributed by atoms with Crippen LogP contribution < -0.4 is 5.32 Å². The van der Waals surface area contributed by atoms with Crippen LogP contribution in [0.15, 0.2) is 60.7 Å². The summed E-state index contributed by atoms with van der Waals surface area (Å²) in [7, 11) is 0. The van der Waals surface area contributed by atoms with E-state index in [0.717, 1.165) is 5.56 Å². The highest BCUT2D eigenvalue weighted by Crippen LogP contribution is 2.18. The normalized spacial score (nSPS) is 19.4. The van der Waals surface area contributed by atoms with Crippen LogP contribution in [-0.4, -0.2) is 54.6 Å². The molecule has 164 valence electrons. The number of hydrogen-bond donors (Lipinski definition) is 1. The quantitative estimate of drug-likeness (QED) is 0.691. The summed E-state index contributed by atoms with van der Waals surface area (Å²) in [6.45, 7) is 4.43. The van der Waals surface area contributed by atoms with E-state index < -0.39 is 12.0 Å². The maximum Gasteiger partial charge on any atom is 0.308 e. The number of carbonyl (C=O) groups excluding carboxylic acids is 3. The lowest BCUT2D eigenvalue weighted by molar-refractivity contribution is -0.157. The van der Waals surface area contributed by atoms with Crippen molar-refractivity contribution in [3.8, 4) is 0 Å². The molecule has 7 nitrogen and oxygen atoms in total. The molecule has 0 aromatic heterocycles. The van der Waals surface area contributed by atoms with E-state index in [9.17, 15) is 14.4 Å². The van der Waals surface area contributed by atoms with Crippen molar-refractivity contribution >= 4 is 17.8 Å². The van der Waals surface area contributed by atoms with Crippen molar-refractivity contribution in [3.63, 3.8) is 0 Å². The molecule has 0 bridgehead atoms. The van der Waals surface area contributed by atoms with Crippen molar-refractivity contribution in [2.45, 2.75) is 38.5 Å². The maximum absolute atomic E-state index is 12.6. The van der Waals surface area contributed by atoms with Gasteiger partial charge in [0.1, 0.15) is 0 Å². The van der Waals surface area contributed by atoms with Crippen LogP contribution in [0.2, 0.25) is 0 Å². The Morgan fingerprint density at radius 2 is 1.58 bits per heavy atom. The molecule has 0 saturated carbocycles. The second kappa shape index (κ2) is 10.7. The van der Waals surface area contributed by atoms with Crippen LogP contribution in [0.25, 0.3) is 0 Å². The summed E-state index contributed by atoms with van der Waals surface area (Å²) in [6.07, 6.45) is -0.190. The Morgan fingerprint density at radius 3 is 2.19 bits per heavy atom. The molecule has 1 fully saturated rings. The lowest BCUT2D eigenvalue weighted by Crippen LogP contribution is -2.49. The van der Waals surface area contributed by atoms with E-state index in [1.165, 1.54) is 0 Å². The minimum absolute atomic E-state index is 0.0564. The van der Waals surface area contributed by atoms with Crippen molar-refractivity contribution in [1.29, 1.82) is 0 Å². The fourth-order valence-corrected chi connectivity index (χ4v) is 3.61. The summed E-state index contributed by atoms with van der Waals surface area (Å²) in [5.74, 6) is -1.08. The first-order valence-corrected chi connectivity index (χ1v) is 10.4. The van der Waals surface area contributed by atoms with Crippen LogP contribution in [0, 0.1) is 0 Å². The molecule has 3 unspecified atom stereocenters. The highest BCUT2D eigenvalue weighted by atomic mass is 16.5. The van der Waals surface area contributed by atoms with Gasteiger partial charge in [-0.25, -0.2) is 0 Å². The van der Waals surface area contributed by atoms with Gasteiger partial charge in [-0.05, 0) is 31.5 Å². The number of benzene rings is 2. The fraction of sp³-hybridized carbons (Fsp3) is 0.375. The van der Waals surface area contributed by atoms with Crippen LogP contribution >= 0.6 is 0 Å². The van der Waals surface area contributed by atoms with Gasteiger partial charge in [-0.1, -0.05) is 48.5 Å². The number of rotatable bonds is 7. The Kier molecular flexibility index (Phi) is 7.78. The van der Waals surface area contributed by atoms with E-state index in [0.29, 0.717) is 18.7 Å². The van der Waals surface area contributed by atoms with Gasteiger partial charge >= 0.3 is 5.97 Å². The van der Waals surface area contributed by atoms with Gasteiger partial charge in [0.2, 0.25) is 0 Å². The van der Waals surface area contributed by atoms with E-state index in [-0.39, 0.29) is 37.0 Å². The second-order valence-electron chi connectivity index (χ2n) is 7.72. The zero-order chi connectivity index (χ0) is 22.2. The van der Waals surface area contributed by atoms with E-state index >= 15 is 0 Å². The minimum atomic E-state index is -0.570. The van der Waals surface area contributed by atoms with Crippen LogP contribution in [0.4, 0.5) is 0 Å². The van der Waals surface area contributed by atoms with Gasteiger partial charge < -0.3 is 19.7 Å². The molecule has 2 amide bonds. The molecule has 31 heavy (non-hydrogen) atoms. The van der Waals surface area contributed by atoms with Gasteiger partial charge in [0.05, 0.1) is 24.7 Å². The molecule has 0 radical (unpaired) electrons. The first-order chi connectivity index (χ1) is 14.9. The van der Waals surface area contributed by atoms with Crippen LogP contribution in [-0.2, 0) is 19.1 Å². The molecule has 1 N–H and O–H groups in total. The molecule has 3 rings (SSSR count). The van der Waals surface area contributed by atoms with Gasteiger partial charge in [0, 0.05) is 18.7 Å². The van der Waals surface area contributed by atoms with E-state index in [4.69, 9.17) is 9.47 Å². The zero-order valence-electron chi connectivity index (χ0n) is 17.8. The highest BCUT2D eigenvalue weighted by molar-refractivity contribution is 5.94. The minimum Gasteiger partial charge on any atom is -0.455 e. The van der Waals surface area contributed by atoms with Crippen molar-refractivity contribution in [2.75, 3.05) is 19.7 Å². The number of carbonyl (C=O) groups is 3. The molecule has 1 heterocycles. The van der Waals surface area contributed by atoms with Gasteiger partial charge in [0.15, 0.2) is 6.61 Å². The topological polar surface area (TPSA) is 84.9 Å². The first kappa shape index (κ1) is 22.5. The smallest absolute Gasteiger partial charge is 0.308 e. The number of nitrogens with one attached hydrogen (secondary N) is 1. The van der Waals surface area contributed by atoms with Gasteiger partial charge in [0.25, 0.3) is 11.8 Å². The van der Waals surface area contributed by atoms with Gasteiger partial charge in [-0.2, -0.15) is 0 Å². The second-order valence-corrected chi connectivity index (χ2v) is 7.72. The molecule has 7 heteroatoms. The molecule has 1 aliphatic heterocycles. The molecule has 2 aromatic rings. The van der Waals surface area contributed by atoms with Crippen LogP contribution in [0.3, 0.4) is 0 Å². The molecule has 0 aliphatic carbocycles. The molecule has 1 saturated heterocycles. The summed E-state index contributed by atoms with van der Waals surface area (Å²) >= 11 is 0. The Morgan fingerprint density at radius 1 is 1.00 bits per heavy atom. The Labute approximate surface area is 182 Å². The summed E-state index contributed by atoms with van der Waals surface area (Å²) in [5.41, 5.74) is 1.29. The van der Waals surface area contributed by atoms with Crippen molar-refractivity contribution in [2.24, 2.45) is 0 Å². The Balaban J connectivity index is 1.59. The van der Waals surface area contributed by atoms with Gasteiger partial charge in [-0.15, -0.1) is 0 Å². The third-order valence-electron chi connectivity index (χ3n) is 5.04. The van der Waals surface area contributed by atoms with E-state index in [2.05, 4.69) is 5.32 Å². The first-order valence-electron chi connectivity index (χ1n) is 10.4. The van der Waals surface area contributed by atoms with Crippen LogP contribution in [0.1, 0.15) is 42.2 Å². The molecule has 1 aliphatic rings. The largest absolute Gasteiger partial charge is 0.455 e. The molecule has 3 atom stereocenters. The number of morpholine rings is 1. The summed E-state index contributed by atoms with van der Waals surface area (Å²) in [4.78, 5) is 39.2. The maximum atomic E-state index is 12.6. The lowest BCUT2D eigenvalue weighted by atomic mass is 10.0. The standard InChI is InChI=1S/C24H28N2O5/c1-17-14-26(15-18(2)31-17)22(27)16-30-23(28)13-21(19-9-5-3-6-10-19)25-24(29)20-11-7-4-8-12-20/h3-12,17-18,21H,13-16H2,1-2H3,(H,25,29). The van der Waals surface area contributed by atoms with E-state index in [1.807, 2.05) is 50.2 Å². The molecular weight excluding hydrogens is 396 g/mol. The number of ether oxygens (including phenoxy) is 2. The third-order valence-corrected chi connectivity index (χ3v) is 5.04. The fourth-order valence-electron chi connectivity index (χ4n) is 3.61. The Hall–Kier alpha value is -3.19. The number of esters is 1. The summed E-state index contributed by atoms with van der Waals surface area (Å²) < 4.78 is 10.9. The van der Waals surface area contributed by atoms with Crippen molar-refractivity contribution in [3.05, 3.63) is 71.8 Å².